The summed E-state index contributed by atoms with van der Waals surface area (Å²) in [7, 11) is 5.20. The van der Waals surface area contributed by atoms with Crippen molar-refractivity contribution in [3.8, 4) is 0 Å². The second-order valence-electron chi connectivity index (χ2n) is 16.5. The number of methoxy groups -OCH3 is 1. The Balaban J connectivity index is 2.22. The number of rotatable bonds is 8. The molecule has 0 saturated carbocycles. The van der Waals surface area contributed by atoms with Gasteiger partial charge < -0.3 is 53.7 Å². The molecular weight excluding hydrogens is 682 g/mol. The number of hydrogen-bond acceptors (Lipinski definition) is 15. The molecule has 0 aliphatic carbocycles. The van der Waals surface area contributed by atoms with E-state index in [9.17, 15) is 35.3 Å². The van der Waals surface area contributed by atoms with Gasteiger partial charge in [-0.15, -0.1) is 0 Å². The van der Waals surface area contributed by atoms with E-state index in [1.165, 1.54) is 27.9 Å². The van der Waals surface area contributed by atoms with E-state index in [0.29, 0.717) is 6.42 Å². The number of carbonyl (C=O) groups is 2. The Kier molecular flexibility index (Phi) is 15.3. The summed E-state index contributed by atoms with van der Waals surface area (Å²) in [6, 6.07) is -0.307. The monoisotopic (exact) mass is 749 g/mol. The standard InChI is InChI=1S/C37H67NO14/c1-14-25-37(10,44)30(41)20(4)27(39)18(2)16-36(9,46-13)32(51-34-28(40)24(38(11)12)15-19(3)47-34)21(5)29(22(6)33(43)49-25)50-26-17-35(8,52-45)31(42)23(7)48-26/h18-26,28-32,34,40-42,44-45H,14-17H2,1-13H3/t18-,19?,20+,21+,22-,23?,24?,25-,26?,28?,29+,30-,31?,32-,34?,35?,36-,37-/m1/s1. The molecule has 15 heteroatoms. The molecule has 0 aromatic heterocycles. The molecule has 0 aromatic carbocycles. The summed E-state index contributed by atoms with van der Waals surface area (Å²) >= 11 is 0. The lowest BCUT2D eigenvalue weighted by molar-refractivity contribution is -0.388. The molecule has 3 fully saturated rings. The second-order valence-corrected chi connectivity index (χ2v) is 16.5. The van der Waals surface area contributed by atoms with E-state index < -0.39 is 102 Å². The van der Waals surface area contributed by atoms with Crippen molar-refractivity contribution in [1.82, 2.24) is 4.90 Å². The summed E-state index contributed by atoms with van der Waals surface area (Å²) in [5, 5.41) is 55.1. The van der Waals surface area contributed by atoms with Crippen LogP contribution < -0.4 is 0 Å². The summed E-state index contributed by atoms with van der Waals surface area (Å²) in [5.41, 5.74) is -4.76. The minimum Gasteiger partial charge on any atom is -0.459 e. The maximum Gasteiger partial charge on any atom is 0.311 e. The highest BCUT2D eigenvalue weighted by atomic mass is 17.1. The number of carbonyl (C=O) groups excluding carboxylic acids is 2. The number of nitrogens with zero attached hydrogens (tertiary/aromatic N) is 1. The molecular formula is C37H67NO14. The van der Waals surface area contributed by atoms with Gasteiger partial charge in [-0.1, -0.05) is 27.7 Å². The zero-order chi connectivity index (χ0) is 39.7. The van der Waals surface area contributed by atoms with Gasteiger partial charge in [-0.3, -0.25) is 14.8 Å². The molecule has 0 amide bonds. The van der Waals surface area contributed by atoms with Gasteiger partial charge in [-0.05, 0) is 74.9 Å². The quantitative estimate of drug-likeness (QED) is 0.137. The Morgan fingerprint density at radius 1 is 0.885 bits per heavy atom. The largest absolute Gasteiger partial charge is 0.459 e. The molecule has 8 unspecified atom stereocenters. The Labute approximate surface area is 309 Å². The molecule has 3 heterocycles. The maximum atomic E-state index is 14.1. The average Bonchev–Trinajstić information content (AvgIpc) is 3.09. The molecule has 3 rings (SSSR count). The normalized spacial score (nSPS) is 49.0. The lowest BCUT2D eigenvalue weighted by Crippen LogP contribution is -2.61. The fourth-order valence-corrected chi connectivity index (χ4v) is 8.47. The predicted molar refractivity (Wildman–Crippen MR) is 188 cm³/mol. The van der Waals surface area contributed by atoms with Crippen molar-refractivity contribution in [2.75, 3.05) is 21.2 Å². The van der Waals surface area contributed by atoms with Gasteiger partial charge in [-0.25, -0.2) is 4.89 Å². The SMILES string of the molecule is CC[C@H]1OC(=O)[C@H](C)[C@@H](OC2CC(C)(OO)C(O)C(C)O2)[C@H](C)[C@@H](OC2OC(C)CC(N(C)C)C2O)[C@](C)(OC)C[C@@H](C)C(=O)[C@H](C)[C@@H](O)[C@]1(C)O. The molecule has 3 aliphatic heterocycles. The summed E-state index contributed by atoms with van der Waals surface area (Å²) in [6.45, 7) is 16.4. The van der Waals surface area contributed by atoms with Crippen LogP contribution in [-0.4, -0.2) is 148 Å². The van der Waals surface area contributed by atoms with Gasteiger partial charge in [-0.2, -0.15) is 0 Å². The smallest absolute Gasteiger partial charge is 0.311 e. The summed E-state index contributed by atoms with van der Waals surface area (Å²) in [5.74, 6) is -4.72. The molecule has 18 atom stereocenters. The van der Waals surface area contributed by atoms with Crippen LogP contribution in [0.15, 0.2) is 0 Å². The Hall–Kier alpha value is -1.34. The van der Waals surface area contributed by atoms with Gasteiger partial charge >= 0.3 is 5.97 Å². The van der Waals surface area contributed by atoms with Gasteiger partial charge in [0, 0.05) is 37.3 Å². The topological polar surface area (TPSA) is 203 Å². The first-order valence-electron chi connectivity index (χ1n) is 18.7. The zero-order valence-corrected chi connectivity index (χ0v) is 33.3. The lowest BCUT2D eigenvalue weighted by Gasteiger charge is -2.49. The number of aliphatic hydroxyl groups excluding tert-OH is 3. The fraction of sp³-hybridized carbons (Fsp3) is 0.946. The number of ether oxygens (including phenoxy) is 6. The number of aliphatic hydroxyl groups is 4. The average molecular weight is 750 g/mol. The lowest BCUT2D eigenvalue weighted by atomic mass is 9.74. The Bertz CT molecular complexity index is 1190. The molecule has 304 valence electrons. The minimum absolute atomic E-state index is 0.0777. The zero-order valence-electron chi connectivity index (χ0n) is 33.3. The molecule has 52 heavy (non-hydrogen) atoms. The van der Waals surface area contributed by atoms with Gasteiger partial charge in [0.2, 0.25) is 0 Å². The van der Waals surface area contributed by atoms with Crippen LogP contribution in [0.2, 0.25) is 0 Å². The van der Waals surface area contributed by atoms with Crippen LogP contribution in [0, 0.1) is 23.7 Å². The second kappa shape index (κ2) is 17.6. The highest BCUT2D eigenvalue weighted by molar-refractivity contribution is 5.83. The van der Waals surface area contributed by atoms with E-state index in [0.717, 1.165) is 0 Å². The van der Waals surface area contributed by atoms with E-state index >= 15 is 0 Å². The third-order valence-corrected chi connectivity index (χ3v) is 12.0. The van der Waals surface area contributed by atoms with E-state index in [4.69, 9.17) is 33.3 Å². The van der Waals surface area contributed by atoms with Crippen LogP contribution in [-0.2, 0) is 42.9 Å². The first kappa shape index (κ1) is 45.1. The molecule has 5 N–H and O–H groups in total. The van der Waals surface area contributed by atoms with E-state index in [-0.39, 0.29) is 37.2 Å². The van der Waals surface area contributed by atoms with E-state index in [1.54, 1.807) is 41.5 Å². The van der Waals surface area contributed by atoms with Gasteiger partial charge in [0.15, 0.2) is 12.6 Å². The van der Waals surface area contributed by atoms with Crippen LogP contribution in [0.4, 0.5) is 0 Å². The molecule has 0 bridgehead atoms. The highest BCUT2D eigenvalue weighted by Crippen LogP contribution is 2.41. The maximum absolute atomic E-state index is 14.1. The first-order valence-corrected chi connectivity index (χ1v) is 18.7. The van der Waals surface area contributed by atoms with Crippen molar-refractivity contribution < 1.29 is 68.6 Å². The molecule has 3 aliphatic rings. The number of likely N-dealkylation sites (N-methyl/N-ethyl adjacent to an activating group) is 1. The Morgan fingerprint density at radius 2 is 1.50 bits per heavy atom. The van der Waals surface area contributed by atoms with Crippen molar-refractivity contribution in [3.63, 3.8) is 0 Å². The van der Waals surface area contributed by atoms with E-state index in [1.807, 2.05) is 25.9 Å². The van der Waals surface area contributed by atoms with Crippen molar-refractivity contribution in [2.24, 2.45) is 23.7 Å². The van der Waals surface area contributed by atoms with Crippen molar-refractivity contribution in [2.45, 2.75) is 179 Å². The van der Waals surface area contributed by atoms with Crippen LogP contribution in [0.25, 0.3) is 0 Å². The van der Waals surface area contributed by atoms with Gasteiger partial charge in [0.05, 0.1) is 42.0 Å². The third-order valence-electron chi connectivity index (χ3n) is 12.0. The molecule has 0 spiro atoms. The van der Waals surface area contributed by atoms with Crippen molar-refractivity contribution >= 4 is 11.8 Å². The molecule has 3 saturated heterocycles. The van der Waals surface area contributed by atoms with Crippen molar-refractivity contribution in [1.29, 1.82) is 0 Å². The predicted octanol–water partition coefficient (Wildman–Crippen LogP) is 2.28. The van der Waals surface area contributed by atoms with Crippen LogP contribution >= 0.6 is 0 Å². The summed E-state index contributed by atoms with van der Waals surface area (Å²) in [6.07, 6.45) is -9.90. The molecule has 0 radical (unpaired) electrons. The van der Waals surface area contributed by atoms with Crippen LogP contribution in [0.5, 0.6) is 0 Å². The van der Waals surface area contributed by atoms with Gasteiger partial charge in [0.1, 0.15) is 35.3 Å². The number of hydrogen-bond donors (Lipinski definition) is 5. The fourth-order valence-electron chi connectivity index (χ4n) is 8.47. The molecule has 0 aromatic rings. The Morgan fingerprint density at radius 3 is 2.04 bits per heavy atom. The minimum atomic E-state index is -1.99. The number of ketones is 1. The van der Waals surface area contributed by atoms with Crippen LogP contribution in [0.1, 0.15) is 94.9 Å². The molecule has 15 nitrogen and oxygen atoms in total. The summed E-state index contributed by atoms with van der Waals surface area (Å²) < 4.78 is 37.8. The van der Waals surface area contributed by atoms with Crippen LogP contribution in [0.3, 0.4) is 0 Å². The highest BCUT2D eigenvalue weighted by Gasteiger charge is 2.54. The van der Waals surface area contributed by atoms with Crippen molar-refractivity contribution in [3.05, 3.63) is 0 Å². The first-order chi connectivity index (χ1) is 24.0. The van der Waals surface area contributed by atoms with E-state index in [2.05, 4.69) is 0 Å². The number of cyclic esters (lactones) is 1. The summed E-state index contributed by atoms with van der Waals surface area (Å²) in [4.78, 5) is 34.7. The third kappa shape index (κ3) is 9.36. The van der Waals surface area contributed by atoms with Gasteiger partial charge in [0.25, 0.3) is 0 Å². The number of esters is 1. The number of Topliss-reactive ketones (excluding diaryl/α,β-unsaturated/α-hetero) is 1.